The van der Waals surface area contributed by atoms with Crippen LogP contribution in [0.25, 0.3) is 0 Å². The minimum Gasteiger partial charge on any atom is -0.478 e. The van der Waals surface area contributed by atoms with Gasteiger partial charge in [-0.2, -0.15) is 0 Å². The van der Waals surface area contributed by atoms with Gasteiger partial charge >= 0.3 is 5.97 Å². The largest absolute Gasteiger partial charge is 0.478 e. The van der Waals surface area contributed by atoms with Crippen LogP contribution in [0.15, 0.2) is 40.9 Å². The Labute approximate surface area is 70.4 Å². The third-order valence-electron chi connectivity index (χ3n) is 1.31. The first-order valence-corrected chi connectivity index (χ1v) is 3.57. The Morgan fingerprint density at radius 1 is 1.62 bits per heavy atom. The first-order chi connectivity index (χ1) is 5.79. The smallest absolute Gasteiger partial charge is 0.328 e. The summed E-state index contributed by atoms with van der Waals surface area (Å²) in [7, 11) is 0. The summed E-state index contributed by atoms with van der Waals surface area (Å²) >= 11 is 0. The van der Waals surface area contributed by atoms with Crippen molar-refractivity contribution in [2.24, 2.45) is 4.99 Å². The number of carbonyl (C=O) groups is 1. The van der Waals surface area contributed by atoms with E-state index >= 15 is 0 Å². The van der Waals surface area contributed by atoms with Gasteiger partial charge in [0.05, 0.1) is 6.54 Å². The number of aliphatic imine (C=N–C) groups is 1. The van der Waals surface area contributed by atoms with Gasteiger partial charge in [-0.15, -0.1) is 0 Å². The molecule has 0 aromatic rings. The van der Waals surface area contributed by atoms with Crippen LogP contribution in [0.5, 0.6) is 0 Å². The topological polar surface area (TPSA) is 49.7 Å². The van der Waals surface area contributed by atoms with E-state index in [1.807, 2.05) is 12.2 Å². The molecule has 1 aliphatic rings. The summed E-state index contributed by atoms with van der Waals surface area (Å²) in [5.41, 5.74) is 0.846. The van der Waals surface area contributed by atoms with Gasteiger partial charge in [0.1, 0.15) is 0 Å². The van der Waals surface area contributed by atoms with Crippen LogP contribution in [0.2, 0.25) is 0 Å². The van der Waals surface area contributed by atoms with Crippen LogP contribution in [-0.2, 0) is 4.79 Å². The van der Waals surface area contributed by atoms with Crippen molar-refractivity contribution in [3.05, 3.63) is 36.0 Å². The summed E-state index contributed by atoms with van der Waals surface area (Å²) in [6, 6.07) is 0. The Bertz CT molecular complexity index is 290. The van der Waals surface area contributed by atoms with Crippen molar-refractivity contribution < 1.29 is 9.90 Å². The van der Waals surface area contributed by atoms with E-state index in [4.69, 9.17) is 5.11 Å². The molecule has 0 amide bonds. The summed E-state index contributed by atoms with van der Waals surface area (Å²) in [6.07, 6.45) is 9.80. The second-order valence-electron chi connectivity index (χ2n) is 2.25. The number of rotatable bonds is 2. The monoisotopic (exact) mass is 425 g/mol. The predicted molar refractivity (Wildman–Crippen MR) is 47.4 cm³/mol. The van der Waals surface area contributed by atoms with Crippen molar-refractivity contribution >= 4 is 12.2 Å². The number of carboxylic acid groups (broad SMARTS) is 1. The Kier molecular flexibility index (Phi) is 4.04. The Morgan fingerprint density at radius 2 is 2.38 bits per heavy atom. The minimum atomic E-state index is -0.939. The number of hydrogen-bond donors (Lipinski definition) is 1. The van der Waals surface area contributed by atoms with E-state index in [1.165, 1.54) is 6.08 Å². The van der Waals surface area contributed by atoms with Crippen LogP contribution < -0.4 is 0 Å². The van der Waals surface area contributed by atoms with Crippen LogP contribution in [-0.4, -0.2) is 23.8 Å². The van der Waals surface area contributed by atoms with Crippen molar-refractivity contribution in [2.45, 2.75) is 0 Å². The molecule has 1 rings (SSSR count). The molecular formula is C9H9LrNO2. The molecule has 1 radical (unpaired) electrons. The zero-order valence-electron chi connectivity index (χ0n) is 6.73. The van der Waals surface area contributed by atoms with Gasteiger partial charge in [0, 0.05) is 12.3 Å². The minimum absolute atomic E-state index is 0. The average Bonchev–Trinajstić information content (AvgIpc) is 2.28. The molecular weight excluding hydrogens is 416 g/mol. The van der Waals surface area contributed by atoms with Crippen molar-refractivity contribution in [1.82, 2.24) is 0 Å². The van der Waals surface area contributed by atoms with E-state index < -0.39 is 5.97 Å². The van der Waals surface area contributed by atoms with Crippen molar-refractivity contribution in [3.63, 3.8) is 0 Å². The second-order valence-corrected chi connectivity index (χ2v) is 2.25. The molecule has 1 heterocycles. The van der Waals surface area contributed by atoms with Crippen LogP contribution in [0.3, 0.4) is 0 Å². The molecule has 0 bridgehead atoms. The van der Waals surface area contributed by atoms with E-state index in [-0.39, 0.29) is 0 Å². The van der Waals surface area contributed by atoms with Crippen molar-refractivity contribution in [1.29, 1.82) is 0 Å². The van der Waals surface area contributed by atoms with Crippen LogP contribution in [0.1, 0.15) is 0 Å². The van der Waals surface area contributed by atoms with E-state index in [0.29, 0.717) is 6.54 Å². The van der Waals surface area contributed by atoms with E-state index in [2.05, 4.69) is 4.99 Å². The number of aliphatic carboxylic acids is 1. The molecule has 77 valence electrons. The SMILES string of the molecule is O=C(O)/C=C/C1=CC=NCC=C1.[Lr]. The Morgan fingerprint density at radius 3 is 3.08 bits per heavy atom. The Balaban J connectivity index is 0.00000144. The molecule has 0 spiro atoms. The maximum Gasteiger partial charge on any atom is 0.328 e. The molecule has 1 aliphatic heterocycles. The molecule has 0 aromatic carbocycles. The van der Waals surface area contributed by atoms with Crippen LogP contribution in [0, 0.1) is 0 Å². The fraction of sp³-hybridized carbons (Fsp3) is 0.111. The zero-order chi connectivity index (χ0) is 8.81. The van der Waals surface area contributed by atoms with Crippen molar-refractivity contribution in [3.8, 4) is 0 Å². The van der Waals surface area contributed by atoms with Gasteiger partial charge in [0.15, 0.2) is 0 Å². The number of allylic oxidation sites excluding steroid dienone is 4. The summed E-state index contributed by atoms with van der Waals surface area (Å²) < 4.78 is 0. The zero-order valence-corrected chi connectivity index (χ0v) is 8.88. The van der Waals surface area contributed by atoms with Gasteiger partial charge in [0.25, 0.3) is 0 Å². The quantitative estimate of drug-likeness (QED) is 0.677. The molecule has 0 aliphatic carbocycles. The molecule has 3 nitrogen and oxygen atoms in total. The maximum atomic E-state index is 10.2. The molecule has 0 fully saturated rings. The molecule has 0 unspecified atom stereocenters. The summed E-state index contributed by atoms with van der Waals surface area (Å²) in [5.74, 6) is -0.939. The molecule has 0 aromatic heterocycles. The summed E-state index contributed by atoms with van der Waals surface area (Å²) in [6.45, 7) is 0.654. The second kappa shape index (κ2) is 5.07. The first-order valence-electron chi connectivity index (χ1n) is 3.57. The van der Waals surface area contributed by atoms with Gasteiger partial charge in [-0.05, 0) is 17.7 Å². The van der Waals surface area contributed by atoms with Gasteiger partial charge < -0.3 is 5.11 Å². The summed E-state index contributed by atoms with van der Waals surface area (Å²) in [5, 5.41) is 8.34. The van der Waals surface area contributed by atoms with Gasteiger partial charge in [-0.3, -0.25) is 4.99 Å². The van der Waals surface area contributed by atoms with Crippen LogP contribution >= 0.6 is 0 Å². The molecule has 1 N–H and O–H groups in total. The van der Waals surface area contributed by atoms with Gasteiger partial charge in [-0.25, -0.2) is 4.79 Å². The standard InChI is InChI=1S/C9H9NO2.Lr/c11-9(12)4-3-8-2-1-6-10-7-5-8;/h1-5,7H,6H2,(H,11,12);/b4-3+;. The van der Waals surface area contributed by atoms with Gasteiger partial charge in [-0.1, -0.05) is 12.2 Å². The molecule has 13 heavy (non-hydrogen) atoms. The number of hydrogen-bond acceptors (Lipinski definition) is 2. The van der Waals surface area contributed by atoms with Gasteiger partial charge in [0.2, 0.25) is 0 Å². The average molecular weight is 425 g/mol. The summed E-state index contributed by atoms with van der Waals surface area (Å²) in [4.78, 5) is 14.1. The van der Waals surface area contributed by atoms with E-state index in [0.717, 1.165) is 11.6 Å². The first kappa shape index (κ1) is 10.4. The normalized spacial score (nSPS) is 14.9. The fourth-order valence-electron chi connectivity index (χ4n) is 0.783. The Hall–Kier alpha value is -2.64. The fourth-order valence-corrected chi connectivity index (χ4v) is 0.783. The third-order valence-corrected chi connectivity index (χ3v) is 1.31. The predicted octanol–water partition coefficient (Wildman–Crippen LogP) is 1.19. The molecule has 0 saturated heterocycles. The maximum absolute atomic E-state index is 10.2. The van der Waals surface area contributed by atoms with E-state index in [1.54, 1.807) is 12.3 Å². The van der Waals surface area contributed by atoms with Crippen molar-refractivity contribution in [2.75, 3.05) is 6.54 Å². The molecule has 0 atom stereocenters. The molecule has 4 heteroatoms. The molecule has 0 saturated carbocycles. The number of carboxylic acids is 1. The van der Waals surface area contributed by atoms with Crippen LogP contribution in [0.4, 0.5) is 0 Å². The van der Waals surface area contributed by atoms with E-state index in [9.17, 15) is 4.79 Å². The third kappa shape index (κ3) is 3.93. The number of nitrogens with zero attached hydrogens (tertiary/aromatic N) is 1.